The molecule has 0 fully saturated rings. The van der Waals surface area contributed by atoms with Crippen LogP contribution in [-0.2, 0) is 43.9 Å². The van der Waals surface area contributed by atoms with Gasteiger partial charge < -0.3 is 49.8 Å². The third-order valence-corrected chi connectivity index (χ3v) is 12.9. The number of anilines is 1. The van der Waals surface area contributed by atoms with Crippen LogP contribution in [0.25, 0.3) is 0 Å². The van der Waals surface area contributed by atoms with E-state index in [1.165, 1.54) is 76.6 Å². The fraction of sp³-hybridized carbons (Fsp3) is 0.725. The van der Waals surface area contributed by atoms with Crippen molar-refractivity contribution in [3.05, 3.63) is 54.0 Å². The topological polar surface area (TPSA) is 263 Å². The van der Waals surface area contributed by atoms with E-state index in [1.54, 1.807) is 0 Å². The van der Waals surface area contributed by atoms with E-state index in [9.17, 15) is 38.7 Å². The Balaban J connectivity index is 1.74. The molecule has 70 heavy (non-hydrogen) atoms. The van der Waals surface area contributed by atoms with E-state index in [0.717, 1.165) is 56.9 Å². The second-order valence-corrected chi connectivity index (χ2v) is 20.2. The number of amides is 1. The summed E-state index contributed by atoms with van der Waals surface area (Å²) in [5, 5.41) is 26.0. The number of quaternary nitrogens is 1. The first kappa shape index (κ1) is 62.4. The summed E-state index contributed by atoms with van der Waals surface area (Å²) in [5.74, 6) is -2.15. The standard InChI is InChI=1S/C51H87BN5O12P/c1-4-5-6-7-8-9-10-11-12-13-14-15-18-24-29-47(59)66-39-44(40-68-70(64,65)67-35-31-53)69-48(60)30-25-19-16-17-20-26-32-55-50-49(54-33-34-56-50)51(61)57-45(37-42-27-22-21-23-28-42)46(58)38-43(52(62)63)36-41(2)3/h21-23,27-28,33-34,41,43-45,62-63H,4-20,24-26,29-32,35-40,53H2,1-3H3,(H,55,56)(H,57,61)(H,64,65)/t43-,44+,45+/m1/s1. The normalized spacial score (nSPS) is 13.5. The number of rotatable bonds is 44. The van der Waals surface area contributed by atoms with E-state index in [-0.39, 0.29) is 68.7 Å². The minimum atomic E-state index is -4.67. The molecule has 0 spiro atoms. The minimum absolute atomic E-state index is 0.0396. The van der Waals surface area contributed by atoms with Gasteiger partial charge in [-0.3, -0.25) is 23.7 Å². The second-order valence-electron chi connectivity index (χ2n) is 18.8. The number of unbranched alkanes of at least 4 members (excludes halogenated alkanes) is 18. The molecule has 396 valence electrons. The molecule has 19 heteroatoms. The number of esters is 2. The van der Waals surface area contributed by atoms with Crippen molar-refractivity contribution in [1.82, 2.24) is 15.3 Å². The zero-order valence-corrected chi connectivity index (χ0v) is 43.6. The number of hydrogen-bond donors (Lipinski definition) is 5. The molecule has 17 nitrogen and oxygen atoms in total. The highest BCUT2D eigenvalue weighted by atomic mass is 31.2. The number of carbonyl (C=O) groups excluding carboxylic acids is 4. The van der Waals surface area contributed by atoms with E-state index in [1.807, 2.05) is 44.2 Å². The molecule has 0 radical (unpaired) electrons. The van der Waals surface area contributed by atoms with Gasteiger partial charge in [-0.05, 0) is 43.6 Å². The lowest BCUT2D eigenvalue weighted by Gasteiger charge is -2.25. The molecule has 0 saturated heterocycles. The zero-order valence-electron chi connectivity index (χ0n) is 42.7. The number of phosphoric acid groups is 1. The van der Waals surface area contributed by atoms with Crippen LogP contribution in [0.2, 0.25) is 5.82 Å². The molecule has 0 aliphatic rings. The largest absolute Gasteiger partial charge is 0.756 e. The van der Waals surface area contributed by atoms with Crippen LogP contribution in [0.3, 0.4) is 0 Å². The highest BCUT2D eigenvalue weighted by Crippen LogP contribution is 2.38. The van der Waals surface area contributed by atoms with Gasteiger partial charge in [-0.15, -0.1) is 0 Å². The van der Waals surface area contributed by atoms with Crippen LogP contribution >= 0.6 is 7.82 Å². The average molecular weight is 1000 g/mol. The summed E-state index contributed by atoms with van der Waals surface area (Å²) >= 11 is 0. The molecule has 0 aliphatic heterocycles. The van der Waals surface area contributed by atoms with E-state index >= 15 is 0 Å². The quantitative estimate of drug-likeness (QED) is 0.0183. The number of phosphoric ester groups is 1. The van der Waals surface area contributed by atoms with Crippen LogP contribution in [-0.4, -0.2) is 95.8 Å². The molecule has 0 saturated carbocycles. The number of aromatic nitrogens is 2. The van der Waals surface area contributed by atoms with Gasteiger partial charge in [-0.1, -0.05) is 160 Å². The Morgan fingerprint density at radius 3 is 1.89 bits per heavy atom. The summed E-state index contributed by atoms with van der Waals surface area (Å²) in [5.41, 5.74) is 4.43. The third-order valence-electron chi connectivity index (χ3n) is 11.9. The molecule has 1 unspecified atom stereocenters. The molecular formula is C51H87BN5O12P. The van der Waals surface area contributed by atoms with Crippen molar-refractivity contribution in [2.24, 2.45) is 5.92 Å². The van der Waals surface area contributed by atoms with Crippen molar-refractivity contribution in [3.8, 4) is 0 Å². The van der Waals surface area contributed by atoms with Gasteiger partial charge in [0.2, 0.25) is 0 Å². The van der Waals surface area contributed by atoms with Crippen LogP contribution in [0.1, 0.15) is 191 Å². The second kappa shape index (κ2) is 38.9. The van der Waals surface area contributed by atoms with Gasteiger partial charge in [-0.2, -0.15) is 0 Å². The number of ketones is 1. The molecule has 4 atom stereocenters. The average Bonchev–Trinajstić information content (AvgIpc) is 3.33. The number of nitrogens with one attached hydrogen (secondary N) is 2. The van der Waals surface area contributed by atoms with Crippen LogP contribution in [0.4, 0.5) is 5.82 Å². The lowest BCUT2D eigenvalue weighted by atomic mass is 9.66. The Morgan fingerprint density at radius 2 is 1.31 bits per heavy atom. The number of benzene rings is 1. The van der Waals surface area contributed by atoms with E-state index in [4.69, 9.17) is 18.5 Å². The number of ether oxygens (including phenoxy) is 2. The summed E-state index contributed by atoms with van der Waals surface area (Å²) in [7, 11) is -6.33. The molecule has 1 aromatic heterocycles. The minimum Gasteiger partial charge on any atom is -0.756 e. The fourth-order valence-corrected chi connectivity index (χ4v) is 8.83. The lowest BCUT2D eigenvalue weighted by molar-refractivity contribution is -0.373. The SMILES string of the molecule is CCCCCCCCCCCCCCCCC(=O)OC[C@@H](COP(=O)([O-])OCC[NH3+])OC(=O)CCCCCCCCNc1nccnc1C(=O)N[C@@H](Cc1ccccc1)C(=O)C[C@@H](CC(C)C)B(O)O. The summed E-state index contributed by atoms with van der Waals surface area (Å²) in [6.45, 7) is 5.81. The maximum atomic E-state index is 13.6. The van der Waals surface area contributed by atoms with Crippen LogP contribution < -0.4 is 21.3 Å². The van der Waals surface area contributed by atoms with E-state index < -0.39 is 57.4 Å². The van der Waals surface area contributed by atoms with Crippen molar-refractivity contribution < 1.29 is 62.9 Å². The molecule has 2 rings (SSSR count). The first-order valence-electron chi connectivity index (χ1n) is 26.3. The summed E-state index contributed by atoms with van der Waals surface area (Å²) in [6, 6.07) is 8.35. The predicted molar refractivity (Wildman–Crippen MR) is 270 cm³/mol. The smallest absolute Gasteiger partial charge is 0.455 e. The Labute approximate surface area is 418 Å². The highest BCUT2D eigenvalue weighted by molar-refractivity contribution is 7.45. The predicted octanol–water partition coefficient (Wildman–Crippen LogP) is 7.88. The van der Waals surface area contributed by atoms with Crippen molar-refractivity contribution in [2.45, 2.75) is 199 Å². The van der Waals surface area contributed by atoms with Crippen molar-refractivity contribution in [3.63, 3.8) is 0 Å². The van der Waals surface area contributed by atoms with Gasteiger partial charge in [0.15, 0.2) is 23.4 Å². The maximum Gasteiger partial charge on any atom is 0.455 e. The Morgan fingerprint density at radius 1 is 0.757 bits per heavy atom. The monoisotopic (exact) mass is 1000 g/mol. The number of Topliss-reactive ketones (excluding diaryl/α,β-unsaturated/α-hetero) is 1. The molecule has 0 aliphatic carbocycles. The van der Waals surface area contributed by atoms with Gasteiger partial charge in [0, 0.05) is 44.0 Å². The van der Waals surface area contributed by atoms with E-state index in [2.05, 4.69) is 33.3 Å². The van der Waals surface area contributed by atoms with Crippen LogP contribution in [0, 0.1) is 5.92 Å². The highest BCUT2D eigenvalue weighted by Gasteiger charge is 2.31. The molecule has 1 amide bonds. The summed E-state index contributed by atoms with van der Waals surface area (Å²) < 4.78 is 32.7. The van der Waals surface area contributed by atoms with Crippen molar-refractivity contribution in [2.75, 3.05) is 38.2 Å². The van der Waals surface area contributed by atoms with E-state index in [0.29, 0.717) is 25.8 Å². The Hall–Kier alpha value is -3.77. The van der Waals surface area contributed by atoms with Crippen molar-refractivity contribution >= 4 is 44.4 Å². The number of nitrogens with zero attached hydrogens (tertiary/aromatic N) is 2. The van der Waals surface area contributed by atoms with Gasteiger partial charge in [0.25, 0.3) is 13.7 Å². The van der Waals surface area contributed by atoms with Gasteiger partial charge in [0.05, 0.1) is 19.2 Å². The molecule has 7 N–H and O–H groups in total. The zero-order chi connectivity index (χ0) is 51.2. The Bertz CT molecular complexity index is 1760. The first-order chi connectivity index (χ1) is 33.7. The third kappa shape index (κ3) is 30.9. The lowest BCUT2D eigenvalue weighted by Crippen LogP contribution is -2.52. The molecule has 1 aromatic carbocycles. The van der Waals surface area contributed by atoms with Gasteiger partial charge in [0.1, 0.15) is 13.2 Å². The summed E-state index contributed by atoms with van der Waals surface area (Å²) in [4.78, 5) is 73.2. The van der Waals surface area contributed by atoms with Gasteiger partial charge in [-0.25, -0.2) is 9.97 Å². The number of hydrogen-bond acceptors (Lipinski definition) is 15. The van der Waals surface area contributed by atoms with Crippen molar-refractivity contribution in [1.29, 1.82) is 0 Å². The fourth-order valence-electron chi connectivity index (χ4n) is 8.05. The summed E-state index contributed by atoms with van der Waals surface area (Å²) in [6.07, 6.45) is 24.1. The number of carbonyl (C=O) groups is 4. The van der Waals surface area contributed by atoms with Crippen LogP contribution in [0.5, 0.6) is 0 Å². The molecular weight excluding hydrogens is 916 g/mol. The molecule has 1 heterocycles. The van der Waals surface area contributed by atoms with Gasteiger partial charge >= 0.3 is 19.1 Å². The van der Waals surface area contributed by atoms with Crippen LogP contribution in [0.15, 0.2) is 42.7 Å². The molecule has 0 bridgehead atoms. The maximum absolute atomic E-state index is 13.6. The molecule has 2 aromatic rings. The first-order valence-corrected chi connectivity index (χ1v) is 27.7. The Kier molecular flexibility index (Phi) is 34.6.